The van der Waals surface area contributed by atoms with Gasteiger partial charge in [-0.2, -0.15) is 0 Å². The van der Waals surface area contributed by atoms with Crippen LogP contribution in [0, 0.1) is 0 Å². The first kappa shape index (κ1) is 10.0. The van der Waals surface area contributed by atoms with E-state index in [-0.39, 0.29) is 5.75 Å². The maximum atomic E-state index is 10.2. The molecule has 0 radical (unpaired) electrons. The van der Waals surface area contributed by atoms with Crippen molar-refractivity contribution in [1.29, 1.82) is 0 Å². The van der Waals surface area contributed by atoms with E-state index in [2.05, 4.69) is 15.2 Å². The molecule has 1 rings (SSSR count). The maximum Gasteiger partial charge on any atom is 0.313 e. The number of carboxylic acid groups (broad SMARTS) is 1. The van der Waals surface area contributed by atoms with Crippen LogP contribution in [0.15, 0.2) is 5.16 Å². The molecule has 0 aliphatic carbocycles. The molecule has 7 heteroatoms. The van der Waals surface area contributed by atoms with Gasteiger partial charge in [0.25, 0.3) is 0 Å². The van der Waals surface area contributed by atoms with Crippen LogP contribution in [0.1, 0.15) is 5.82 Å². The highest BCUT2D eigenvalue weighted by atomic mass is 32.2. The number of nitrogens with zero attached hydrogens (tertiary/aromatic N) is 2. The number of carbonyl (C=O) groups is 1. The molecule has 0 amide bonds. The van der Waals surface area contributed by atoms with Gasteiger partial charge in [-0.3, -0.25) is 9.89 Å². The molecule has 1 heterocycles. The minimum absolute atomic E-state index is 0.0374. The Bertz CT molecular complexity index is 288. The summed E-state index contributed by atoms with van der Waals surface area (Å²) in [6.45, 7) is 0.348. The first-order valence-corrected chi connectivity index (χ1v) is 4.45. The van der Waals surface area contributed by atoms with Crippen LogP contribution in [0.4, 0.5) is 0 Å². The third-order valence-electron chi connectivity index (χ3n) is 1.12. The van der Waals surface area contributed by atoms with Crippen molar-refractivity contribution >= 4 is 17.7 Å². The van der Waals surface area contributed by atoms with Crippen LogP contribution in [0.3, 0.4) is 0 Å². The molecule has 0 atom stereocenters. The van der Waals surface area contributed by atoms with Crippen molar-refractivity contribution < 1.29 is 14.6 Å². The number of methoxy groups -OCH3 is 1. The molecular weight excluding hydrogens is 194 g/mol. The first-order valence-electron chi connectivity index (χ1n) is 3.47. The third-order valence-corrected chi connectivity index (χ3v) is 1.95. The average molecular weight is 203 g/mol. The molecule has 2 N–H and O–H groups in total. The number of thioether (sulfide) groups is 1. The number of rotatable bonds is 5. The van der Waals surface area contributed by atoms with Crippen LogP contribution < -0.4 is 0 Å². The topological polar surface area (TPSA) is 88.1 Å². The van der Waals surface area contributed by atoms with Gasteiger partial charge in [0.2, 0.25) is 5.16 Å². The van der Waals surface area contributed by atoms with Gasteiger partial charge in [-0.1, -0.05) is 11.8 Å². The lowest BCUT2D eigenvalue weighted by molar-refractivity contribution is -0.133. The van der Waals surface area contributed by atoms with Crippen molar-refractivity contribution in [3.63, 3.8) is 0 Å². The number of aliphatic carboxylic acids is 1. The van der Waals surface area contributed by atoms with Crippen molar-refractivity contribution in [2.75, 3.05) is 12.9 Å². The van der Waals surface area contributed by atoms with Crippen LogP contribution in [0.25, 0.3) is 0 Å². The van der Waals surface area contributed by atoms with Gasteiger partial charge in [-0.15, -0.1) is 5.10 Å². The minimum Gasteiger partial charge on any atom is -0.481 e. The molecule has 0 saturated carbocycles. The van der Waals surface area contributed by atoms with Crippen molar-refractivity contribution in [2.45, 2.75) is 11.8 Å². The molecule has 0 saturated heterocycles. The third kappa shape index (κ3) is 3.43. The van der Waals surface area contributed by atoms with Gasteiger partial charge in [0.15, 0.2) is 5.82 Å². The molecule has 0 fully saturated rings. The summed E-state index contributed by atoms with van der Waals surface area (Å²) in [7, 11) is 1.55. The highest BCUT2D eigenvalue weighted by molar-refractivity contribution is 7.99. The van der Waals surface area contributed by atoms with Crippen molar-refractivity contribution in [3.8, 4) is 0 Å². The quantitative estimate of drug-likeness (QED) is 0.661. The molecule has 0 aromatic carbocycles. The highest BCUT2D eigenvalue weighted by Gasteiger charge is 2.05. The van der Waals surface area contributed by atoms with Gasteiger partial charge in [0.1, 0.15) is 6.61 Å². The summed E-state index contributed by atoms with van der Waals surface area (Å²) in [6.07, 6.45) is 0. The number of hydrogen-bond acceptors (Lipinski definition) is 5. The van der Waals surface area contributed by atoms with Crippen LogP contribution in [-0.2, 0) is 16.1 Å². The number of aromatic nitrogens is 3. The number of aromatic amines is 1. The molecule has 0 bridgehead atoms. The van der Waals surface area contributed by atoms with Gasteiger partial charge >= 0.3 is 5.97 Å². The molecule has 0 aliphatic rings. The van der Waals surface area contributed by atoms with E-state index in [1.54, 1.807) is 7.11 Å². The van der Waals surface area contributed by atoms with E-state index in [0.717, 1.165) is 11.8 Å². The van der Waals surface area contributed by atoms with Gasteiger partial charge < -0.3 is 9.84 Å². The Morgan fingerprint density at radius 3 is 3.15 bits per heavy atom. The van der Waals surface area contributed by atoms with Crippen LogP contribution >= 0.6 is 11.8 Å². The molecule has 1 aromatic heterocycles. The molecule has 13 heavy (non-hydrogen) atoms. The summed E-state index contributed by atoms with van der Waals surface area (Å²) >= 11 is 1.07. The number of nitrogens with one attached hydrogen (secondary N) is 1. The number of ether oxygens (including phenoxy) is 1. The molecule has 0 aliphatic heterocycles. The molecule has 72 valence electrons. The maximum absolute atomic E-state index is 10.2. The summed E-state index contributed by atoms with van der Waals surface area (Å²) in [5.74, 6) is -0.330. The summed E-state index contributed by atoms with van der Waals surface area (Å²) < 4.78 is 4.81. The fourth-order valence-electron chi connectivity index (χ4n) is 0.670. The Kier molecular flexibility index (Phi) is 3.71. The molecule has 1 aromatic rings. The monoisotopic (exact) mass is 203 g/mol. The molecule has 6 nitrogen and oxygen atoms in total. The van der Waals surface area contributed by atoms with E-state index in [4.69, 9.17) is 9.84 Å². The fourth-order valence-corrected chi connectivity index (χ4v) is 1.21. The first-order chi connectivity index (χ1) is 6.22. The van der Waals surface area contributed by atoms with Gasteiger partial charge in [0.05, 0.1) is 5.75 Å². The number of hydrogen-bond donors (Lipinski definition) is 2. The lowest BCUT2D eigenvalue weighted by Gasteiger charge is -1.89. The Morgan fingerprint density at radius 1 is 1.77 bits per heavy atom. The Labute approximate surface area is 78.7 Å². The van der Waals surface area contributed by atoms with Crippen molar-refractivity contribution in [2.24, 2.45) is 0 Å². The predicted molar refractivity (Wildman–Crippen MR) is 45.5 cm³/mol. The number of carboxylic acids is 1. The lowest BCUT2D eigenvalue weighted by atomic mass is 10.7. The van der Waals surface area contributed by atoms with E-state index in [9.17, 15) is 4.79 Å². The van der Waals surface area contributed by atoms with E-state index < -0.39 is 5.97 Å². The highest BCUT2D eigenvalue weighted by Crippen LogP contribution is 2.11. The Balaban J connectivity index is 2.44. The standard InChI is InChI=1S/C6H9N3O3S/c1-12-2-4-7-6(9-8-4)13-3-5(10)11/h2-3H2,1H3,(H,10,11)(H,7,8,9). The largest absolute Gasteiger partial charge is 0.481 e. The van der Waals surface area contributed by atoms with Gasteiger partial charge in [-0.25, -0.2) is 4.98 Å². The normalized spacial score (nSPS) is 10.2. The second-order valence-corrected chi connectivity index (χ2v) is 3.12. The fraction of sp³-hybridized carbons (Fsp3) is 0.500. The SMILES string of the molecule is COCc1nc(SCC(=O)O)n[nH]1. The van der Waals surface area contributed by atoms with Crippen molar-refractivity contribution in [3.05, 3.63) is 5.82 Å². The summed E-state index contributed by atoms with van der Waals surface area (Å²) in [5.41, 5.74) is 0. The molecule has 0 spiro atoms. The van der Waals surface area contributed by atoms with Gasteiger partial charge in [0, 0.05) is 7.11 Å². The van der Waals surface area contributed by atoms with Crippen LogP contribution in [0.5, 0.6) is 0 Å². The predicted octanol–water partition coefficient (Wildman–Crippen LogP) is 0.128. The minimum atomic E-state index is -0.886. The van der Waals surface area contributed by atoms with E-state index in [1.165, 1.54) is 0 Å². The van der Waals surface area contributed by atoms with E-state index in [1.807, 2.05) is 0 Å². The average Bonchev–Trinajstić information content (AvgIpc) is 2.50. The summed E-state index contributed by atoms with van der Waals surface area (Å²) in [5, 5.41) is 15.2. The molecular formula is C6H9N3O3S. The Morgan fingerprint density at radius 2 is 2.54 bits per heavy atom. The second kappa shape index (κ2) is 4.83. The molecule has 0 unspecified atom stereocenters. The zero-order valence-electron chi connectivity index (χ0n) is 6.98. The van der Waals surface area contributed by atoms with E-state index in [0.29, 0.717) is 17.6 Å². The van der Waals surface area contributed by atoms with E-state index >= 15 is 0 Å². The summed E-state index contributed by atoms with van der Waals surface area (Å²) in [4.78, 5) is 14.2. The smallest absolute Gasteiger partial charge is 0.313 e. The number of H-pyrrole nitrogens is 1. The van der Waals surface area contributed by atoms with Crippen molar-refractivity contribution in [1.82, 2.24) is 15.2 Å². The Hall–Kier alpha value is -1.08. The zero-order chi connectivity index (χ0) is 9.68. The summed E-state index contributed by atoms with van der Waals surface area (Å²) in [6, 6.07) is 0. The van der Waals surface area contributed by atoms with Crippen LogP contribution in [0.2, 0.25) is 0 Å². The second-order valence-electron chi connectivity index (χ2n) is 2.18. The van der Waals surface area contributed by atoms with Crippen LogP contribution in [-0.4, -0.2) is 39.1 Å². The zero-order valence-corrected chi connectivity index (χ0v) is 7.80. The lowest BCUT2D eigenvalue weighted by Crippen LogP contribution is -1.97. The van der Waals surface area contributed by atoms with Gasteiger partial charge in [-0.05, 0) is 0 Å².